The van der Waals surface area contributed by atoms with Crippen LogP contribution < -0.4 is 0 Å². The molecule has 0 spiro atoms. The van der Waals surface area contributed by atoms with E-state index in [1.54, 1.807) is 18.2 Å². The normalized spacial score (nSPS) is 9.77. The first-order chi connectivity index (χ1) is 6.07. The van der Waals surface area contributed by atoms with Gasteiger partial charge in [0.25, 0.3) is 5.24 Å². The highest BCUT2D eigenvalue weighted by molar-refractivity contribution is 6.68. The fourth-order valence-corrected chi connectivity index (χ4v) is 1.54. The predicted molar refractivity (Wildman–Crippen MR) is 56.5 cm³/mol. The molecule has 0 aliphatic rings. The molecule has 0 radical (unpaired) electrons. The maximum absolute atomic E-state index is 10.9. The fourth-order valence-electron chi connectivity index (χ4n) is 1.07. The van der Waals surface area contributed by atoms with Crippen LogP contribution in [0.3, 0.4) is 0 Å². The third-order valence-electron chi connectivity index (χ3n) is 1.86. The summed E-state index contributed by atoms with van der Waals surface area (Å²) >= 11 is 11.2. The van der Waals surface area contributed by atoms with Crippen LogP contribution in [0.25, 0.3) is 6.08 Å². The number of benzene rings is 1. The molecule has 0 N–H and O–H groups in total. The van der Waals surface area contributed by atoms with Gasteiger partial charge in [0, 0.05) is 0 Å². The van der Waals surface area contributed by atoms with Crippen molar-refractivity contribution in [3.05, 3.63) is 40.4 Å². The minimum Gasteiger partial charge on any atom is -0.276 e. The number of rotatable bonds is 2. The van der Waals surface area contributed by atoms with Crippen molar-refractivity contribution in [3.8, 4) is 0 Å². The van der Waals surface area contributed by atoms with Crippen molar-refractivity contribution in [2.45, 2.75) is 6.92 Å². The number of carbonyl (C=O) groups excluding carboxylic acids is 1. The number of hydrogen-bond acceptors (Lipinski definition) is 1. The summed E-state index contributed by atoms with van der Waals surface area (Å²) < 4.78 is 0. The van der Waals surface area contributed by atoms with Gasteiger partial charge in [-0.25, -0.2) is 0 Å². The molecule has 0 saturated heterocycles. The van der Waals surface area contributed by atoms with E-state index in [0.717, 1.165) is 11.1 Å². The van der Waals surface area contributed by atoms with Gasteiger partial charge in [-0.1, -0.05) is 30.3 Å². The van der Waals surface area contributed by atoms with Gasteiger partial charge in [-0.3, -0.25) is 4.79 Å². The monoisotopic (exact) mass is 214 g/mol. The van der Waals surface area contributed by atoms with Gasteiger partial charge in [-0.15, -0.1) is 0 Å². The van der Waals surface area contributed by atoms with Crippen LogP contribution in [0.5, 0.6) is 0 Å². The summed E-state index contributed by atoms with van der Waals surface area (Å²) in [6.07, 6.45) is 1.68. The zero-order chi connectivity index (χ0) is 10.0. The van der Waals surface area contributed by atoms with Gasteiger partial charge in [0.1, 0.15) is 0 Å². The van der Waals surface area contributed by atoms with E-state index in [1.165, 1.54) is 0 Å². The molecule has 13 heavy (non-hydrogen) atoms. The first-order valence-electron chi connectivity index (χ1n) is 3.69. The molecule has 0 fully saturated rings. The van der Waals surface area contributed by atoms with Crippen LogP contribution in [0.15, 0.2) is 18.7 Å². The number of carbonyl (C=O) groups is 1. The lowest BCUT2D eigenvalue weighted by Crippen LogP contribution is -1.94. The zero-order valence-corrected chi connectivity index (χ0v) is 8.62. The minimum atomic E-state index is -0.538. The van der Waals surface area contributed by atoms with Gasteiger partial charge in [0.2, 0.25) is 0 Å². The first kappa shape index (κ1) is 10.3. The molecule has 0 heterocycles. The smallest absolute Gasteiger partial charge is 0.253 e. The predicted octanol–water partition coefficient (Wildman–Crippen LogP) is 3.67. The summed E-state index contributed by atoms with van der Waals surface area (Å²) in [5, 5.41) is -0.138. The topological polar surface area (TPSA) is 17.1 Å². The van der Waals surface area contributed by atoms with Crippen LogP contribution in [0.2, 0.25) is 5.02 Å². The Kier molecular flexibility index (Phi) is 3.12. The molecular formula is C10H8Cl2O. The van der Waals surface area contributed by atoms with Gasteiger partial charge in [0.05, 0.1) is 10.6 Å². The van der Waals surface area contributed by atoms with Crippen LogP contribution in [-0.2, 0) is 0 Å². The molecular weight excluding hydrogens is 207 g/mol. The lowest BCUT2D eigenvalue weighted by atomic mass is 10.1. The average molecular weight is 215 g/mol. The molecule has 1 aromatic rings. The van der Waals surface area contributed by atoms with Crippen LogP contribution >= 0.6 is 23.2 Å². The Balaban J connectivity index is 3.39. The second-order valence-corrected chi connectivity index (χ2v) is 3.34. The van der Waals surface area contributed by atoms with E-state index in [0.29, 0.717) is 10.6 Å². The van der Waals surface area contributed by atoms with Crippen LogP contribution in [0.1, 0.15) is 21.5 Å². The van der Waals surface area contributed by atoms with Crippen LogP contribution in [-0.4, -0.2) is 5.24 Å². The van der Waals surface area contributed by atoms with E-state index < -0.39 is 5.24 Å². The largest absolute Gasteiger partial charge is 0.276 e. The fraction of sp³-hybridized carbons (Fsp3) is 0.100. The molecule has 0 bridgehead atoms. The average Bonchev–Trinajstić information content (AvgIpc) is 2.09. The number of halogens is 2. The molecule has 3 heteroatoms. The van der Waals surface area contributed by atoms with Gasteiger partial charge in [0.15, 0.2) is 0 Å². The van der Waals surface area contributed by atoms with Gasteiger partial charge in [-0.05, 0) is 35.7 Å². The molecule has 1 nitrogen and oxygen atoms in total. The quantitative estimate of drug-likeness (QED) is 0.688. The van der Waals surface area contributed by atoms with E-state index >= 15 is 0 Å². The first-order valence-corrected chi connectivity index (χ1v) is 4.45. The lowest BCUT2D eigenvalue weighted by Gasteiger charge is -2.05. The molecule has 0 aliphatic heterocycles. The Morgan fingerprint density at radius 1 is 1.54 bits per heavy atom. The SMILES string of the molecule is C=Cc1ccc(C(=O)Cl)c(Cl)c1C. The van der Waals surface area contributed by atoms with Crippen molar-refractivity contribution < 1.29 is 4.79 Å². The van der Waals surface area contributed by atoms with Crippen molar-refractivity contribution in [2.24, 2.45) is 0 Å². The molecule has 0 aromatic heterocycles. The molecule has 0 amide bonds. The molecule has 0 atom stereocenters. The summed E-state index contributed by atoms with van der Waals surface area (Å²) in [7, 11) is 0. The third-order valence-corrected chi connectivity index (χ3v) is 2.55. The van der Waals surface area contributed by atoms with Crippen LogP contribution in [0.4, 0.5) is 0 Å². The highest BCUT2D eigenvalue weighted by atomic mass is 35.5. The van der Waals surface area contributed by atoms with E-state index in [-0.39, 0.29) is 0 Å². The van der Waals surface area contributed by atoms with Crippen molar-refractivity contribution >= 4 is 34.5 Å². The van der Waals surface area contributed by atoms with Gasteiger partial charge < -0.3 is 0 Å². The molecule has 1 rings (SSSR count). The van der Waals surface area contributed by atoms with E-state index in [4.69, 9.17) is 23.2 Å². The summed E-state index contributed by atoms with van der Waals surface area (Å²) in [5.41, 5.74) is 2.07. The molecule has 1 aromatic carbocycles. The molecule has 0 aliphatic carbocycles. The second kappa shape index (κ2) is 3.95. The Bertz CT molecular complexity index is 369. The summed E-state index contributed by atoms with van der Waals surface area (Å²) in [6, 6.07) is 3.37. The minimum absolute atomic E-state index is 0.339. The Labute approximate surface area is 87.0 Å². The Morgan fingerprint density at radius 2 is 2.15 bits per heavy atom. The molecule has 0 unspecified atom stereocenters. The van der Waals surface area contributed by atoms with E-state index in [2.05, 4.69) is 6.58 Å². The summed E-state index contributed by atoms with van der Waals surface area (Å²) in [5.74, 6) is 0. The third kappa shape index (κ3) is 1.93. The van der Waals surface area contributed by atoms with Crippen molar-refractivity contribution in [3.63, 3.8) is 0 Å². The molecule has 68 valence electrons. The van der Waals surface area contributed by atoms with Gasteiger partial charge in [-0.2, -0.15) is 0 Å². The maximum atomic E-state index is 10.9. The highest BCUT2D eigenvalue weighted by Crippen LogP contribution is 2.25. The van der Waals surface area contributed by atoms with Crippen molar-refractivity contribution in [1.82, 2.24) is 0 Å². The van der Waals surface area contributed by atoms with Crippen LogP contribution in [0, 0.1) is 6.92 Å². The van der Waals surface area contributed by atoms with Crippen molar-refractivity contribution in [1.29, 1.82) is 0 Å². The number of hydrogen-bond donors (Lipinski definition) is 0. The summed E-state index contributed by atoms with van der Waals surface area (Å²) in [4.78, 5) is 10.9. The standard InChI is InChI=1S/C10H8Cl2O/c1-3-7-4-5-8(10(12)13)9(11)6(7)2/h3-5H,1H2,2H3. The lowest BCUT2D eigenvalue weighted by molar-refractivity contribution is 0.108. The second-order valence-electron chi connectivity index (χ2n) is 2.62. The zero-order valence-electron chi connectivity index (χ0n) is 7.10. The van der Waals surface area contributed by atoms with Gasteiger partial charge >= 0.3 is 0 Å². The summed E-state index contributed by atoms with van der Waals surface area (Å²) in [6.45, 7) is 5.45. The maximum Gasteiger partial charge on any atom is 0.253 e. The Hall–Kier alpha value is -0.790. The van der Waals surface area contributed by atoms with E-state index in [1.807, 2.05) is 6.92 Å². The highest BCUT2D eigenvalue weighted by Gasteiger charge is 2.10. The van der Waals surface area contributed by atoms with E-state index in [9.17, 15) is 4.79 Å². The Morgan fingerprint density at radius 3 is 2.62 bits per heavy atom. The van der Waals surface area contributed by atoms with Crippen molar-refractivity contribution in [2.75, 3.05) is 0 Å². The molecule has 0 saturated carbocycles.